The summed E-state index contributed by atoms with van der Waals surface area (Å²) in [4.78, 5) is 38.1. The van der Waals surface area contributed by atoms with Crippen LogP contribution in [0.5, 0.6) is 0 Å². The summed E-state index contributed by atoms with van der Waals surface area (Å²) < 4.78 is 0. The van der Waals surface area contributed by atoms with Crippen molar-refractivity contribution >= 4 is 17.7 Å². The van der Waals surface area contributed by atoms with Gasteiger partial charge in [-0.25, -0.2) is 0 Å². The third-order valence-corrected chi connectivity index (χ3v) is 6.22. The number of hydrogen-bond donors (Lipinski definition) is 3. The number of carbonyl (C=O) groups excluding carboxylic acids is 3. The van der Waals surface area contributed by atoms with Crippen LogP contribution in [0.4, 0.5) is 0 Å². The first-order valence-electron chi connectivity index (χ1n) is 10.4. The summed E-state index contributed by atoms with van der Waals surface area (Å²) in [5, 5.41) is 9.21. The van der Waals surface area contributed by atoms with E-state index < -0.39 is 6.04 Å². The van der Waals surface area contributed by atoms with Gasteiger partial charge < -0.3 is 15.5 Å². The van der Waals surface area contributed by atoms with Crippen LogP contribution in [-0.4, -0.2) is 28.7 Å². The Balaban J connectivity index is 1.25. The van der Waals surface area contributed by atoms with Gasteiger partial charge >= 0.3 is 0 Å². The molecule has 3 aliphatic rings. The van der Waals surface area contributed by atoms with Crippen LogP contribution in [0.25, 0.3) is 0 Å². The summed E-state index contributed by atoms with van der Waals surface area (Å²) >= 11 is 0. The van der Waals surface area contributed by atoms with Gasteiger partial charge in [-0.15, -0.1) is 0 Å². The van der Waals surface area contributed by atoms with Crippen LogP contribution in [0.15, 0.2) is 36.4 Å². The molecule has 2 aromatic rings. The number of nitrogens with zero attached hydrogens (tertiary/aromatic N) is 1. The molecule has 0 radical (unpaired) electrons. The van der Waals surface area contributed by atoms with E-state index in [4.69, 9.17) is 0 Å². The number of imide groups is 1. The quantitative estimate of drug-likeness (QED) is 0.655. The highest BCUT2D eigenvalue weighted by Gasteiger charge is 2.39. The maximum absolute atomic E-state index is 12.9. The fourth-order valence-corrected chi connectivity index (χ4v) is 4.62. The van der Waals surface area contributed by atoms with Gasteiger partial charge in [0.2, 0.25) is 11.8 Å². The standard InChI is InChI=1S/C23H24N4O3/c28-21-7-6-20(22(29)26-21)27-13-17-5-4-14(8-18(17)23(27)30)9-24-10-15-2-1-3-16-11-25-12-19(15)16/h1-5,8,20,24-25H,6-7,9-13H2,(H,26,28,29). The maximum Gasteiger partial charge on any atom is 0.255 e. The molecule has 1 saturated heterocycles. The molecule has 0 aliphatic carbocycles. The second-order valence-electron chi connectivity index (χ2n) is 8.15. The van der Waals surface area contributed by atoms with Crippen LogP contribution in [0.3, 0.4) is 0 Å². The molecule has 3 heterocycles. The van der Waals surface area contributed by atoms with Gasteiger partial charge in [-0.05, 0) is 40.3 Å². The van der Waals surface area contributed by atoms with Gasteiger partial charge in [-0.2, -0.15) is 0 Å². The molecule has 1 unspecified atom stereocenters. The topological polar surface area (TPSA) is 90.5 Å². The molecular weight excluding hydrogens is 380 g/mol. The molecule has 3 N–H and O–H groups in total. The summed E-state index contributed by atoms with van der Waals surface area (Å²) in [6.45, 7) is 3.70. The van der Waals surface area contributed by atoms with Crippen LogP contribution in [-0.2, 0) is 42.3 Å². The predicted molar refractivity (Wildman–Crippen MR) is 110 cm³/mol. The molecule has 1 atom stereocenters. The Bertz CT molecular complexity index is 1050. The van der Waals surface area contributed by atoms with Crippen molar-refractivity contribution in [3.63, 3.8) is 0 Å². The minimum absolute atomic E-state index is 0.131. The maximum atomic E-state index is 12.9. The molecule has 3 amide bonds. The third-order valence-electron chi connectivity index (χ3n) is 6.22. The average molecular weight is 404 g/mol. The molecular formula is C23H24N4O3. The van der Waals surface area contributed by atoms with Crippen molar-refractivity contribution in [1.82, 2.24) is 20.9 Å². The summed E-state index contributed by atoms with van der Waals surface area (Å²) in [7, 11) is 0. The second kappa shape index (κ2) is 7.66. The van der Waals surface area contributed by atoms with Gasteiger partial charge in [0.1, 0.15) is 6.04 Å². The lowest BCUT2D eigenvalue weighted by atomic mass is 10.0. The van der Waals surface area contributed by atoms with Crippen molar-refractivity contribution in [3.05, 3.63) is 69.8 Å². The normalized spacial score (nSPS) is 20.3. The first kappa shape index (κ1) is 19.0. The summed E-state index contributed by atoms with van der Waals surface area (Å²) in [6, 6.07) is 11.8. The van der Waals surface area contributed by atoms with E-state index in [0.29, 0.717) is 25.1 Å². The summed E-state index contributed by atoms with van der Waals surface area (Å²) in [5.41, 5.74) is 6.68. The number of hydrogen-bond acceptors (Lipinski definition) is 5. The molecule has 1 fully saturated rings. The van der Waals surface area contributed by atoms with E-state index in [0.717, 1.165) is 30.8 Å². The fourth-order valence-electron chi connectivity index (χ4n) is 4.62. The molecule has 0 saturated carbocycles. The van der Waals surface area contributed by atoms with Gasteiger partial charge in [0.05, 0.1) is 0 Å². The molecule has 0 spiro atoms. The van der Waals surface area contributed by atoms with Gasteiger partial charge in [-0.1, -0.05) is 30.3 Å². The number of piperidine rings is 1. The predicted octanol–water partition coefficient (Wildman–Crippen LogP) is 1.34. The smallest absolute Gasteiger partial charge is 0.255 e. The lowest BCUT2D eigenvalue weighted by Crippen LogP contribution is -2.52. The van der Waals surface area contributed by atoms with Crippen LogP contribution in [0.1, 0.15) is 51.0 Å². The van der Waals surface area contributed by atoms with Gasteiger partial charge in [0.15, 0.2) is 0 Å². The zero-order chi connectivity index (χ0) is 20.7. The van der Waals surface area contributed by atoms with Crippen molar-refractivity contribution in [1.29, 1.82) is 0 Å². The number of carbonyl (C=O) groups is 3. The van der Waals surface area contributed by atoms with E-state index in [2.05, 4.69) is 34.1 Å². The van der Waals surface area contributed by atoms with Crippen molar-refractivity contribution in [2.24, 2.45) is 0 Å². The molecule has 7 heteroatoms. The molecule has 30 heavy (non-hydrogen) atoms. The highest BCUT2D eigenvalue weighted by atomic mass is 16.2. The Morgan fingerprint density at radius 1 is 1.03 bits per heavy atom. The van der Waals surface area contributed by atoms with E-state index in [1.807, 2.05) is 18.2 Å². The number of fused-ring (bicyclic) bond motifs is 2. The van der Waals surface area contributed by atoms with Gasteiger partial charge in [-0.3, -0.25) is 19.7 Å². The monoisotopic (exact) mass is 404 g/mol. The van der Waals surface area contributed by atoms with E-state index in [1.165, 1.54) is 16.7 Å². The first-order chi connectivity index (χ1) is 14.6. The van der Waals surface area contributed by atoms with E-state index in [-0.39, 0.29) is 24.1 Å². The largest absolute Gasteiger partial charge is 0.322 e. The molecule has 154 valence electrons. The molecule has 3 aliphatic heterocycles. The Hall–Kier alpha value is -3.03. The highest BCUT2D eigenvalue weighted by Crippen LogP contribution is 2.28. The van der Waals surface area contributed by atoms with Crippen LogP contribution in [0, 0.1) is 0 Å². The minimum atomic E-state index is -0.571. The van der Waals surface area contributed by atoms with E-state index in [1.54, 1.807) is 4.90 Å². The average Bonchev–Trinajstić information content (AvgIpc) is 3.34. The van der Waals surface area contributed by atoms with E-state index in [9.17, 15) is 14.4 Å². The molecule has 0 bridgehead atoms. The molecule has 5 rings (SSSR count). The highest BCUT2D eigenvalue weighted by molar-refractivity contribution is 6.05. The molecule has 2 aromatic carbocycles. The second-order valence-corrected chi connectivity index (χ2v) is 8.15. The summed E-state index contributed by atoms with van der Waals surface area (Å²) in [6.07, 6.45) is 0.652. The fraction of sp³-hybridized carbons (Fsp3) is 0.348. The lowest BCUT2D eigenvalue weighted by molar-refractivity contribution is -0.136. The Morgan fingerprint density at radius 3 is 2.80 bits per heavy atom. The number of amides is 3. The summed E-state index contributed by atoms with van der Waals surface area (Å²) in [5.74, 6) is -0.777. The van der Waals surface area contributed by atoms with Crippen LogP contribution < -0.4 is 16.0 Å². The SMILES string of the molecule is O=C1CCC(N2Cc3ccc(CNCc4cccc5c4CNC5)cc3C2=O)C(=O)N1. The van der Waals surface area contributed by atoms with Crippen LogP contribution in [0.2, 0.25) is 0 Å². The van der Waals surface area contributed by atoms with Gasteiger partial charge in [0, 0.05) is 44.7 Å². The zero-order valence-corrected chi connectivity index (χ0v) is 16.7. The first-order valence-corrected chi connectivity index (χ1v) is 10.4. The van der Waals surface area contributed by atoms with Crippen LogP contribution >= 0.6 is 0 Å². The Labute approximate surface area is 174 Å². The Morgan fingerprint density at radius 2 is 1.93 bits per heavy atom. The van der Waals surface area contributed by atoms with Gasteiger partial charge in [0.25, 0.3) is 5.91 Å². The van der Waals surface area contributed by atoms with E-state index >= 15 is 0 Å². The minimum Gasteiger partial charge on any atom is -0.322 e. The lowest BCUT2D eigenvalue weighted by Gasteiger charge is -2.29. The molecule has 0 aromatic heterocycles. The third kappa shape index (κ3) is 3.40. The number of benzene rings is 2. The van der Waals surface area contributed by atoms with Crippen molar-refractivity contribution in [2.45, 2.75) is 51.6 Å². The Kier molecular flexibility index (Phi) is 4.84. The molecule has 7 nitrogen and oxygen atoms in total. The number of nitrogens with one attached hydrogen (secondary N) is 3. The zero-order valence-electron chi connectivity index (χ0n) is 16.7. The van der Waals surface area contributed by atoms with Crippen molar-refractivity contribution < 1.29 is 14.4 Å². The van der Waals surface area contributed by atoms with Crippen molar-refractivity contribution in [3.8, 4) is 0 Å². The van der Waals surface area contributed by atoms with Crippen molar-refractivity contribution in [2.75, 3.05) is 0 Å². The number of rotatable bonds is 5.